The van der Waals surface area contributed by atoms with Crippen LogP contribution in [0.1, 0.15) is 74.3 Å². The average molecular weight is 517 g/mol. The molecule has 0 unspecified atom stereocenters. The largest absolute Gasteiger partial charge is 0.496 e. The molecule has 2 saturated carbocycles. The van der Waals surface area contributed by atoms with Crippen molar-refractivity contribution in [1.82, 2.24) is 4.98 Å². The topological polar surface area (TPSA) is 75.8 Å². The maximum Gasteiger partial charge on any atom is 0.230 e. The lowest BCUT2D eigenvalue weighted by Gasteiger charge is -2.36. The number of rotatable bonds is 7. The summed E-state index contributed by atoms with van der Waals surface area (Å²) >= 11 is 0. The molecule has 2 aliphatic carbocycles. The molecule has 1 aromatic heterocycles. The molecule has 5 rings (SSSR count). The Morgan fingerprint density at radius 1 is 1.03 bits per heavy atom. The van der Waals surface area contributed by atoms with E-state index in [0.717, 1.165) is 67.8 Å². The molecule has 6 nitrogen and oxygen atoms in total. The third-order valence-corrected chi connectivity index (χ3v) is 8.56. The minimum atomic E-state index is -0.275. The minimum absolute atomic E-state index is 0.0324. The molecule has 2 aliphatic rings. The lowest BCUT2D eigenvalue weighted by Crippen LogP contribution is -2.41. The Hall–Kier alpha value is -3.12. The Morgan fingerprint density at radius 2 is 1.79 bits per heavy atom. The van der Waals surface area contributed by atoms with E-state index in [1.54, 1.807) is 13.4 Å². The Morgan fingerprint density at radius 3 is 2.45 bits per heavy atom. The molecule has 1 N–H and O–H groups in total. The number of ether oxygens (including phenoxy) is 1. The number of aliphatic hydroxyl groups is 1. The van der Waals surface area contributed by atoms with Gasteiger partial charge in [0.25, 0.3) is 0 Å². The van der Waals surface area contributed by atoms with Gasteiger partial charge >= 0.3 is 0 Å². The van der Waals surface area contributed by atoms with Crippen molar-refractivity contribution in [2.45, 2.75) is 77.2 Å². The number of benzene rings is 2. The smallest absolute Gasteiger partial charge is 0.230 e. The lowest BCUT2D eigenvalue weighted by molar-refractivity contribution is -0.124. The van der Waals surface area contributed by atoms with E-state index < -0.39 is 0 Å². The van der Waals surface area contributed by atoms with Crippen LogP contribution in [-0.4, -0.2) is 35.8 Å². The zero-order valence-electron chi connectivity index (χ0n) is 22.9. The van der Waals surface area contributed by atoms with Gasteiger partial charge < -0.3 is 19.2 Å². The van der Waals surface area contributed by atoms with E-state index >= 15 is 0 Å². The molecule has 0 atom stereocenters. The second kappa shape index (κ2) is 11.7. The SMILES string of the molecule is COc1ccc([C@H]2CC[C@H](CN(c3cccc(-c4coc(C)n4)c3)C(=O)[C@H]3CC[C@H](O)CC3)CC2)cc1C. The number of anilines is 1. The Labute approximate surface area is 226 Å². The van der Waals surface area contributed by atoms with E-state index in [9.17, 15) is 9.90 Å². The molecule has 2 aromatic carbocycles. The number of aliphatic hydroxyl groups excluding tert-OH is 1. The monoisotopic (exact) mass is 516 g/mol. The molecule has 0 radical (unpaired) electrons. The van der Waals surface area contributed by atoms with Crippen molar-refractivity contribution in [2.24, 2.45) is 11.8 Å². The summed E-state index contributed by atoms with van der Waals surface area (Å²) in [5.41, 5.74) is 5.24. The third-order valence-electron chi connectivity index (χ3n) is 8.56. The highest BCUT2D eigenvalue weighted by molar-refractivity contribution is 5.95. The van der Waals surface area contributed by atoms with Crippen molar-refractivity contribution >= 4 is 11.6 Å². The molecule has 38 heavy (non-hydrogen) atoms. The zero-order valence-corrected chi connectivity index (χ0v) is 22.9. The highest BCUT2D eigenvalue weighted by Crippen LogP contribution is 2.39. The minimum Gasteiger partial charge on any atom is -0.496 e. The van der Waals surface area contributed by atoms with Gasteiger partial charge in [0.1, 0.15) is 17.7 Å². The van der Waals surface area contributed by atoms with Gasteiger partial charge in [-0.1, -0.05) is 24.3 Å². The van der Waals surface area contributed by atoms with Crippen molar-refractivity contribution in [3.63, 3.8) is 0 Å². The summed E-state index contributed by atoms with van der Waals surface area (Å²) in [5.74, 6) is 2.74. The van der Waals surface area contributed by atoms with Crippen LogP contribution in [0.15, 0.2) is 53.1 Å². The number of carbonyl (C=O) groups is 1. The summed E-state index contributed by atoms with van der Waals surface area (Å²) in [5, 5.41) is 10.0. The average Bonchev–Trinajstić information content (AvgIpc) is 3.38. The molecule has 1 amide bonds. The van der Waals surface area contributed by atoms with Gasteiger partial charge in [0.2, 0.25) is 5.91 Å². The Balaban J connectivity index is 1.32. The molecule has 2 fully saturated rings. The van der Waals surface area contributed by atoms with Gasteiger partial charge in [-0.3, -0.25) is 4.79 Å². The second-order valence-electron chi connectivity index (χ2n) is 11.2. The molecule has 6 heteroatoms. The molecule has 0 spiro atoms. The predicted molar refractivity (Wildman–Crippen MR) is 149 cm³/mol. The summed E-state index contributed by atoms with van der Waals surface area (Å²) in [6.07, 6.45) is 8.78. The number of hydrogen-bond donors (Lipinski definition) is 1. The molecular weight excluding hydrogens is 476 g/mol. The quantitative estimate of drug-likeness (QED) is 0.373. The van der Waals surface area contributed by atoms with Crippen LogP contribution in [0.25, 0.3) is 11.3 Å². The van der Waals surface area contributed by atoms with Crippen molar-refractivity contribution in [1.29, 1.82) is 0 Å². The fourth-order valence-corrected chi connectivity index (χ4v) is 6.29. The third kappa shape index (κ3) is 5.96. The van der Waals surface area contributed by atoms with Crippen molar-refractivity contribution < 1.29 is 19.1 Å². The maximum absolute atomic E-state index is 13.9. The first kappa shape index (κ1) is 26.5. The first-order valence-corrected chi connectivity index (χ1v) is 14.1. The number of methoxy groups -OCH3 is 1. The van der Waals surface area contributed by atoms with Crippen molar-refractivity contribution in [2.75, 3.05) is 18.6 Å². The summed E-state index contributed by atoms with van der Waals surface area (Å²) < 4.78 is 10.9. The summed E-state index contributed by atoms with van der Waals surface area (Å²) in [7, 11) is 1.72. The van der Waals surface area contributed by atoms with Crippen LogP contribution in [0.3, 0.4) is 0 Å². The van der Waals surface area contributed by atoms with Gasteiger partial charge in [-0.25, -0.2) is 4.98 Å². The first-order chi connectivity index (χ1) is 18.4. The molecule has 1 heterocycles. The van der Waals surface area contributed by atoms with E-state index in [0.29, 0.717) is 30.6 Å². The Kier molecular flexibility index (Phi) is 8.18. The fourth-order valence-electron chi connectivity index (χ4n) is 6.29. The van der Waals surface area contributed by atoms with Crippen molar-refractivity contribution in [3.05, 3.63) is 65.7 Å². The number of amides is 1. The normalized spacial score (nSPS) is 23.7. The molecule has 202 valence electrons. The number of oxazole rings is 1. The van der Waals surface area contributed by atoms with Gasteiger partial charge in [0, 0.05) is 30.6 Å². The van der Waals surface area contributed by atoms with Crippen LogP contribution in [0.5, 0.6) is 5.75 Å². The molecule has 0 aliphatic heterocycles. The standard InChI is InChI=1S/C32H40N2O4/c1-21-17-26(13-16-31(21)37-3)24-9-7-23(8-10-24)19-34(32(36)25-11-14-29(35)15-12-25)28-6-4-5-27(18-28)30-20-38-22(2)33-30/h4-6,13,16-18,20,23-25,29,35H,7-12,14-15,19H2,1-3H3/t23-,24-,25-,29-. The molecule has 0 saturated heterocycles. The fraction of sp³-hybridized carbons (Fsp3) is 0.500. The Bertz CT molecular complexity index is 1240. The molecular formula is C32H40N2O4. The first-order valence-electron chi connectivity index (χ1n) is 14.1. The highest BCUT2D eigenvalue weighted by atomic mass is 16.5. The van der Waals surface area contributed by atoms with E-state index in [1.165, 1.54) is 11.1 Å². The number of aryl methyl sites for hydroxylation is 2. The van der Waals surface area contributed by atoms with Gasteiger partial charge in [-0.2, -0.15) is 0 Å². The van der Waals surface area contributed by atoms with Crippen molar-refractivity contribution in [3.8, 4) is 17.0 Å². The number of nitrogens with zero attached hydrogens (tertiary/aromatic N) is 2. The maximum atomic E-state index is 13.9. The van der Waals surface area contributed by atoms with E-state index in [1.807, 2.05) is 30.0 Å². The zero-order chi connectivity index (χ0) is 26.6. The highest BCUT2D eigenvalue weighted by Gasteiger charge is 2.32. The predicted octanol–water partition coefficient (Wildman–Crippen LogP) is 6.83. The van der Waals surface area contributed by atoms with Gasteiger partial charge in [-0.05, 0) is 99.5 Å². The second-order valence-corrected chi connectivity index (χ2v) is 11.2. The van der Waals surface area contributed by atoms with Crippen LogP contribution >= 0.6 is 0 Å². The van der Waals surface area contributed by atoms with Crippen LogP contribution in [0, 0.1) is 25.7 Å². The summed E-state index contributed by atoms with van der Waals surface area (Å²) in [6.45, 7) is 4.67. The number of aromatic nitrogens is 1. The summed E-state index contributed by atoms with van der Waals surface area (Å²) in [6, 6.07) is 14.7. The summed E-state index contributed by atoms with van der Waals surface area (Å²) in [4.78, 5) is 20.4. The van der Waals surface area contributed by atoms with Crippen LogP contribution in [0.4, 0.5) is 5.69 Å². The number of carbonyl (C=O) groups excluding carboxylic acids is 1. The lowest BCUT2D eigenvalue weighted by atomic mass is 9.78. The number of hydrogen-bond acceptors (Lipinski definition) is 5. The van der Waals surface area contributed by atoms with E-state index in [2.05, 4.69) is 36.2 Å². The van der Waals surface area contributed by atoms with Crippen LogP contribution < -0.4 is 9.64 Å². The van der Waals surface area contributed by atoms with E-state index in [4.69, 9.17) is 9.15 Å². The van der Waals surface area contributed by atoms with Gasteiger partial charge in [0.15, 0.2) is 5.89 Å². The molecule has 3 aromatic rings. The van der Waals surface area contributed by atoms with E-state index in [-0.39, 0.29) is 17.9 Å². The molecule has 0 bridgehead atoms. The van der Waals surface area contributed by atoms with Gasteiger partial charge in [0.05, 0.1) is 13.2 Å². The van der Waals surface area contributed by atoms with Crippen LogP contribution in [0.2, 0.25) is 0 Å². The van der Waals surface area contributed by atoms with Gasteiger partial charge in [-0.15, -0.1) is 0 Å². The van der Waals surface area contributed by atoms with Crippen LogP contribution in [-0.2, 0) is 4.79 Å².